The fourth-order valence-corrected chi connectivity index (χ4v) is 5.96. The number of nitrogens with zero attached hydrogens (tertiary/aromatic N) is 1. The molecule has 3 aromatic carbocycles. The summed E-state index contributed by atoms with van der Waals surface area (Å²) in [5.74, 6) is -1.33. The molecule has 0 saturated heterocycles. The van der Waals surface area contributed by atoms with Crippen LogP contribution in [0.4, 0.5) is 9.59 Å². The van der Waals surface area contributed by atoms with Crippen molar-refractivity contribution in [3.8, 4) is 0 Å². The Labute approximate surface area is 308 Å². The fourth-order valence-electron chi connectivity index (χ4n) is 5.45. The predicted molar refractivity (Wildman–Crippen MR) is 198 cm³/mol. The first-order chi connectivity index (χ1) is 25.1. The van der Waals surface area contributed by atoms with E-state index in [2.05, 4.69) is 26.3 Å². The van der Waals surface area contributed by atoms with E-state index in [4.69, 9.17) is 9.47 Å². The van der Waals surface area contributed by atoms with Gasteiger partial charge in [0.05, 0.1) is 22.5 Å². The normalized spacial score (nSPS) is 13.9. The lowest BCUT2D eigenvalue weighted by Crippen LogP contribution is -2.57. The molecule has 0 aliphatic carbocycles. The highest BCUT2D eigenvalue weighted by molar-refractivity contribution is 7.09. The van der Waals surface area contributed by atoms with Crippen molar-refractivity contribution in [2.45, 2.75) is 83.5 Å². The van der Waals surface area contributed by atoms with Crippen molar-refractivity contribution < 1.29 is 33.8 Å². The van der Waals surface area contributed by atoms with E-state index in [9.17, 15) is 24.3 Å². The molecule has 0 saturated carbocycles. The van der Waals surface area contributed by atoms with Crippen molar-refractivity contribution >= 4 is 35.3 Å². The molecule has 0 fully saturated rings. The summed E-state index contributed by atoms with van der Waals surface area (Å²) < 4.78 is 10.6. The van der Waals surface area contributed by atoms with Crippen LogP contribution < -0.4 is 21.3 Å². The molecule has 5 N–H and O–H groups in total. The Kier molecular flexibility index (Phi) is 15.6. The number of aliphatic hydroxyl groups excluding tert-OH is 1. The van der Waals surface area contributed by atoms with E-state index in [1.165, 1.54) is 18.3 Å². The number of amides is 4. The number of aliphatic hydroxyl groups is 1. The Morgan fingerprint density at radius 1 is 0.692 bits per heavy atom. The number of hydrogen-bond acceptors (Lipinski definition) is 9. The van der Waals surface area contributed by atoms with E-state index in [1.807, 2.05) is 91.0 Å². The van der Waals surface area contributed by atoms with Gasteiger partial charge < -0.3 is 35.8 Å². The summed E-state index contributed by atoms with van der Waals surface area (Å²) >= 11 is 1.36. The number of alkyl carbamates (subject to hydrolysis) is 2. The van der Waals surface area contributed by atoms with Crippen LogP contribution in [0.25, 0.3) is 0 Å². The van der Waals surface area contributed by atoms with Gasteiger partial charge in [0.2, 0.25) is 11.8 Å². The number of carbonyl (C=O) groups excluding carboxylic acids is 4. The standard InChI is InChI=1S/C39H47N5O7S/c1-26(2)35(44-36(46)27(3)41-38(48)50-23-30-17-11-6-12-18-30)37(47)42-31(19-28-13-7-4-8-14-28)21-34(45)33(20-29-15-9-5-10-16-29)43-39(49)51-24-32-22-40-25-52-32/h4-18,22,25-27,31,33-35,45H,19-21,23-24H2,1-3H3,(H,41,48)(H,42,47)(H,43,49)(H,44,46)/t27?,31-,33-,34+,35?/m0/s1. The predicted octanol–water partition coefficient (Wildman–Crippen LogP) is 4.91. The lowest BCUT2D eigenvalue weighted by molar-refractivity contribution is -0.131. The van der Waals surface area contributed by atoms with E-state index in [-0.39, 0.29) is 25.6 Å². The maximum Gasteiger partial charge on any atom is 0.408 e. The van der Waals surface area contributed by atoms with Gasteiger partial charge in [0.1, 0.15) is 25.3 Å². The first kappa shape index (κ1) is 39.5. The molecule has 5 atom stereocenters. The summed E-state index contributed by atoms with van der Waals surface area (Å²) in [4.78, 5) is 57.0. The smallest absolute Gasteiger partial charge is 0.408 e. The van der Waals surface area contributed by atoms with Crippen LogP contribution in [0.3, 0.4) is 0 Å². The van der Waals surface area contributed by atoms with E-state index in [0.717, 1.165) is 21.6 Å². The number of nitrogens with one attached hydrogen (secondary N) is 4. The fraction of sp³-hybridized carbons (Fsp3) is 0.359. The Balaban J connectivity index is 1.42. The molecule has 52 heavy (non-hydrogen) atoms. The van der Waals surface area contributed by atoms with Crippen LogP contribution in [0.5, 0.6) is 0 Å². The van der Waals surface area contributed by atoms with Gasteiger partial charge in [0.15, 0.2) is 0 Å². The van der Waals surface area contributed by atoms with E-state index in [0.29, 0.717) is 12.8 Å². The number of thiazole rings is 1. The molecule has 4 amide bonds. The second-order valence-corrected chi connectivity index (χ2v) is 13.8. The minimum absolute atomic E-state index is 0.0441. The van der Waals surface area contributed by atoms with Gasteiger partial charge in [-0.25, -0.2) is 9.59 Å². The summed E-state index contributed by atoms with van der Waals surface area (Å²) in [6.07, 6.45) is -0.156. The van der Waals surface area contributed by atoms with Gasteiger partial charge in [-0.1, -0.05) is 105 Å². The third kappa shape index (κ3) is 13.5. The summed E-state index contributed by atoms with van der Waals surface area (Å²) in [5.41, 5.74) is 4.27. The lowest BCUT2D eigenvalue weighted by Gasteiger charge is -2.30. The Bertz CT molecular complexity index is 1680. The topological polar surface area (TPSA) is 168 Å². The first-order valence-corrected chi connectivity index (χ1v) is 18.1. The van der Waals surface area contributed by atoms with E-state index < -0.39 is 54.3 Å². The largest absolute Gasteiger partial charge is 0.445 e. The van der Waals surface area contributed by atoms with Crippen molar-refractivity contribution in [1.82, 2.24) is 26.3 Å². The van der Waals surface area contributed by atoms with Crippen LogP contribution in [0.1, 0.15) is 48.8 Å². The number of rotatable bonds is 18. The van der Waals surface area contributed by atoms with Crippen molar-refractivity contribution in [3.63, 3.8) is 0 Å². The van der Waals surface area contributed by atoms with Gasteiger partial charge in [-0.3, -0.25) is 14.6 Å². The van der Waals surface area contributed by atoms with Crippen molar-refractivity contribution in [1.29, 1.82) is 0 Å². The van der Waals surface area contributed by atoms with Gasteiger partial charge >= 0.3 is 12.2 Å². The molecule has 0 aliphatic rings. The summed E-state index contributed by atoms with van der Waals surface area (Å²) in [6.45, 7) is 5.20. The molecule has 0 bridgehead atoms. The number of benzene rings is 3. The molecule has 1 aromatic heterocycles. The number of aromatic nitrogens is 1. The zero-order chi connectivity index (χ0) is 37.3. The Morgan fingerprint density at radius 3 is 1.83 bits per heavy atom. The molecule has 0 spiro atoms. The highest BCUT2D eigenvalue weighted by Crippen LogP contribution is 2.16. The Morgan fingerprint density at radius 2 is 1.25 bits per heavy atom. The molecule has 4 aromatic rings. The van der Waals surface area contributed by atoms with Gasteiger partial charge in [0.25, 0.3) is 0 Å². The number of ether oxygens (including phenoxy) is 2. The molecule has 13 heteroatoms. The molecular weight excluding hydrogens is 683 g/mol. The second kappa shape index (κ2) is 20.5. The van der Waals surface area contributed by atoms with Gasteiger partial charge in [-0.2, -0.15) is 0 Å². The second-order valence-electron chi connectivity index (χ2n) is 12.8. The SMILES string of the molecule is CC(NC(=O)OCc1ccccc1)C(=O)NC(C(=O)N[C@@H](Cc1ccccc1)C[C@@H](O)[C@H](Cc1ccccc1)NC(=O)OCc1cncs1)C(C)C. The molecule has 2 unspecified atom stereocenters. The van der Waals surface area contributed by atoms with Crippen LogP contribution in [-0.2, 0) is 45.1 Å². The summed E-state index contributed by atoms with van der Waals surface area (Å²) in [6, 6.07) is 24.9. The lowest BCUT2D eigenvalue weighted by atomic mass is 9.93. The third-order valence-electron chi connectivity index (χ3n) is 8.28. The third-order valence-corrected chi connectivity index (χ3v) is 9.03. The first-order valence-electron chi connectivity index (χ1n) is 17.2. The maximum absolute atomic E-state index is 13.8. The maximum atomic E-state index is 13.8. The zero-order valence-electron chi connectivity index (χ0n) is 29.6. The summed E-state index contributed by atoms with van der Waals surface area (Å²) in [5, 5.41) is 22.8. The highest BCUT2D eigenvalue weighted by Gasteiger charge is 2.31. The van der Waals surface area contributed by atoms with Crippen LogP contribution in [0, 0.1) is 5.92 Å². The molecule has 4 rings (SSSR count). The molecule has 1 heterocycles. The van der Waals surface area contributed by atoms with Crippen molar-refractivity contribution in [2.24, 2.45) is 5.92 Å². The van der Waals surface area contributed by atoms with Crippen LogP contribution in [-0.4, -0.2) is 64.4 Å². The Hall–Kier alpha value is -5.27. The summed E-state index contributed by atoms with van der Waals surface area (Å²) in [7, 11) is 0. The van der Waals surface area contributed by atoms with Gasteiger partial charge in [0, 0.05) is 12.2 Å². The van der Waals surface area contributed by atoms with E-state index >= 15 is 0 Å². The number of hydrogen-bond donors (Lipinski definition) is 5. The monoisotopic (exact) mass is 729 g/mol. The average Bonchev–Trinajstić information content (AvgIpc) is 3.67. The van der Waals surface area contributed by atoms with Crippen LogP contribution in [0.15, 0.2) is 103 Å². The molecular formula is C39H47N5O7S. The molecule has 12 nitrogen and oxygen atoms in total. The molecule has 0 aliphatic heterocycles. The van der Waals surface area contributed by atoms with Gasteiger partial charge in [-0.05, 0) is 48.8 Å². The average molecular weight is 730 g/mol. The highest BCUT2D eigenvalue weighted by atomic mass is 32.1. The van der Waals surface area contributed by atoms with Crippen LogP contribution in [0.2, 0.25) is 0 Å². The zero-order valence-corrected chi connectivity index (χ0v) is 30.4. The van der Waals surface area contributed by atoms with Gasteiger partial charge in [-0.15, -0.1) is 11.3 Å². The van der Waals surface area contributed by atoms with Crippen molar-refractivity contribution in [3.05, 3.63) is 124 Å². The van der Waals surface area contributed by atoms with Crippen molar-refractivity contribution in [2.75, 3.05) is 0 Å². The van der Waals surface area contributed by atoms with Crippen LogP contribution >= 0.6 is 11.3 Å². The minimum atomic E-state index is -1.09. The molecule has 0 radical (unpaired) electrons. The quantitative estimate of drug-likeness (QED) is 0.0963. The van der Waals surface area contributed by atoms with E-state index in [1.54, 1.807) is 25.6 Å². The number of carbonyl (C=O) groups is 4. The molecule has 276 valence electrons. The minimum Gasteiger partial charge on any atom is -0.445 e.